The molecule has 1 atom stereocenters. The standard InChI is InChI=1S/C12H17ClO/c1-10-5-3-4-6-11(10)7-8-12(13)9-14-2/h3-6,12H,7-9H2,1-2H3. The second-order valence-corrected chi connectivity index (χ2v) is 4.13. The fraction of sp³-hybridized carbons (Fsp3) is 0.500. The summed E-state index contributed by atoms with van der Waals surface area (Å²) in [6.45, 7) is 2.77. The molecule has 2 heteroatoms. The fourth-order valence-corrected chi connectivity index (χ4v) is 1.70. The van der Waals surface area contributed by atoms with Gasteiger partial charge in [0.05, 0.1) is 12.0 Å². The lowest BCUT2D eigenvalue weighted by atomic mass is 10.0. The van der Waals surface area contributed by atoms with Gasteiger partial charge in [0.1, 0.15) is 0 Å². The maximum atomic E-state index is 6.06. The lowest BCUT2D eigenvalue weighted by Crippen LogP contribution is -2.08. The average molecular weight is 213 g/mol. The molecule has 0 aliphatic rings. The van der Waals surface area contributed by atoms with E-state index in [1.54, 1.807) is 7.11 Å². The molecule has 0 aromatic heterocycles. The van der Waals surface area contributed by atoms with E-state index in [9.17, 15) is 0 Å². The number of rotatable bonds is 5. The van der Waals surface area contributed by atoms with E-state index in [0.717, 1.165) is 12.8 Å². The number of methoxy groups -OCH3 is 1. The molecular weight excluding hydrogens is 196 g/mol. The zero-order chi connectivity index (χ0) is 10.4. The lowest BCUT2D eigenvalue weighted by molar-refractivity contribution is 0.195. The minimum absolute atomic E-state index is 0.125. The molecule has 1 nitrogen and oxygen atoms in total. The van der Waals surface area contributed by atoms with Crippen LogP contribution in [-0.2, 0) is 11.2 Å². The Morgan fingerprint density at radius 3 is 2.71 bits per heavy atom. The van der Waals surface area contributed by atoms with E-state index in [2.05, 4.69) is 31.2 Å². The van der Waals surface area contributed by atoms with E-state index >= 15 is 0 Å². The molecule has 0 saturated heterocycles. The van der Waals surface area contributed by atoms with Crippen LogP contribution in [0.2, 0.25) is 0 Å². The third kappa shape index (κ3) is 3.69. The minimum Gasteiger partial charge on any atom is -0.383 e. The van der Waals surface area contributed by atoms with Crippen LogP contribution < -0.4 is 0 Å². The predicted molar refractivity (Wildman–Crippen MR) is 61.0 cm³/mol. The number of hydrogen-bond acceptors (Lipinski definition) is 1. The Bertz CT molecular complexity index is 273. The Morgan fingerprint density at radius 2 is 2.07 bits per heavy atom. The summed E-state index contributed by atoms with van der Waals surface area (Å²) in [6, 6.07) is 8.43. The molecule has 0 N–H and O–H groups in total. The summed E-state index contributed by atoms with van der Waals surface area (Å²) in [5, 5.41) is 0.125. The average Bonchev–Trinajstić information content (AvgIpc) is 2.17. The van der Waals surface area contributed by atoms with Gasteiger partial charge in [-0.1, -0.05) is 24.3 Å². The molecule has 78 valence electrons. The molecule has 0 heterocycles. The molecule has 1 aromatic rings. The molecule has 0 amide bonds. The number of ether oxygens (including phenoxy) is 1. The second-order valence-electron chi connectivity index (χ2n) is 3.52. The van der Waals surface area contributed by atoms with Crippen molar-refractivity contribution in [3.63, 3.8) is 0 Å². The molecule has 0 aliphatic carbocycles. The van der Waals surface area contributed by atoms with Gasteiger partial charge in [-0.25, -0.2) is 0 Å². The van der Waals surface area contributed by atoms with Gasteiger partial charge in [-0.2, -0.15) is 0 Å². The lowest BCUT2D eigenvalue weighted by Gasteiger charge is -2.09. The molecule has 0 bridgehead atoms. The van der Waals surface area contributed by atoms with Crippen LogP contribution in [0.4, 0.5) is 0 Å². The molecule has 14 heavy (non-hydrogen) atoms. The van der Waals surface area contributed by atoms with Crippen LogP contribution >= 0.6 is 11.6 Å². The number of hydrogen-bond donors (Lipinski definition) is 0. The van der Waals surface area contributed by atoms with Crippen molar-refractivity contribution in [2.24, 2.45) is 0 Å². The molecule has 0 fully saturated rings. The quantitative estimate of drug-likeness (QED) is 0.682. The Hall–Kier alpha value is -0.530. The fourth-order valence-electron chi connectivity index (χ4n) is 1.47. The van der Waals surface area contributed by atoms with Crippen molar-refractivity contribution >= 4 is 11.6 Å². The second kappa shape index (κ2) is 6.05. The maximum Gasteiger partial charge on any atom is 0.0626 e. The van der Waals surface area contributed by atoms with Gasteiger partial charge in [0.15, 0.2) is 0 Å². The molecular formula is C12H17ClO. The zero-order valence-electron chi connectivity index (χ0n) is 8.79. The van der Waals surface area contributed by atoms with Gasteiger partial charge in [0.2, 0.25) is 0 Å². The third-order valence-corrected chi connectivity index (χ3v) is 2.68. The SMILES string of the molecule is COCC(Cl)CCc1ccccc1C. The van der Waals surface area contributed by atoms with Crippen LogP contribution in [0.25, 0.3) is 0 Å². The molecule has 1 unspecified atom stereocenters. The van der Waals surface area contributed by atoms with E-state index in [1.165, 1.54) is 11.1 Å². The molecule has 0 aliphatic heterocycles. The summed E-state index contributed by atoms with van der Waals surface area (Å²) in [5.41, 5.74) is 2.73. The number of alkyl halides is 1. The summed E-state index contributed by atoms with van der Waals surface area (Å²) in [5.74, 6) is 0. The first kappa shape index (κ1) is 11.5. The normalized spacial score (nSPS) is 12.8. The zero-order valence-corrected chi connectivity index (χ0v) is 9.55. The van der Waals surface area contributed by atoms with Crippen LogP contribution in [0.5, 0.6) is 0 Å². The van der Waals surface area contributed by atoms with Crippen LogP contribution in [-0.4, -0.2) is 19.1 Å². The Labute approximate surface area is 91.0 Å². The van der Waals surface area contributed by atoms with Gasteiger partial charge in [-0.15, -0.1) is 11.6 Å². The number of aryl methyl sites for hydroxylation is 2. The number of halogens is 1. The van der Waals surface area contributed by atoms with E-state index in [4.69, 9.17) is 16.3 Å². The van der Waals surface area contributed by atoms with E-state index in [1.807, 2.05) is 0 Å². The topological polar surface area (TPSA) is 9.23 Å². The van der Waals surface area contributed by atoms with Crippen molar-refractivity contribution < 1.29 is 4.74 Å². The van der Waals surface area contributed by atoms with Crippen LogP contribution in [0.1, 0.15) is 17.5 Å². The van der Waals surface area contributed by atoms with E-state index < -0.39 is 0 Å². The Morgan fingerprint density at radius 1 is 1.36 bits per heavy atom. The van der Waals surface area contributed by atoms with Gasteiger partial charge >= 0.3 is 0 Å². The first-order valence-electron chi connectivity index (χ1n) is 4.91. The summed E-state index contributed by atoms with van der Waals surface area (Å²) in [7, 11) is 1.68. The van der Waals surface area contributed by atoms with Gasteiger partial charge in [-0.3, -0.25) is 0 Å². The molecule has 1 rings (SSSR count). The molecule has 0 saturated carbocycles. The van der Waals surface area contributed by atoms with E-state index in [-0.39, 0.29) is 5.38 Å². The van der Waals surface area contributed by atoms with Crippen LogP contribution in [0.15, 0.2) is 24.3 Å². The summed E-state index contributed by atoms with van der Waals surface area (Å²) in [4.78, 5) is 0. The highest BCUT2D eigenvalue weighted by molar-refractivity contribution is 6.20. The summed E-state index contributed by atoms with van der Waals surface area (Å²) in [6.07, 6.45) is 2.00. The smallest absolute Gasteiger partial charge is 0.0626 e. The van der Waals surface area contributed by atoms with Gasteiger partial charge in [-0.05, 0) is 30.9 Å². The first-order chi connectivity index (χ1) is 6.74. The van der Waals surface area contributed by atoms with Crippen LogP contribution in [0, 0.1) is 6.92 Å². The molecule has 0 radical (unpaired) electrons. The molecule has 1 aromatic carbocycles. The first-order valence-corrected chi connectivity index (χ1v) is 5.35. The van der Waals surface area contributed by atoms with Crippen LogP contribution in [0.3, 0.4) is 0 Å². The third-order valence-electron chi connectivity index (χ3n) is 2.34. The van der Waals surface area contributed by atoms with E-state index in [0.29, 0.717) is 6.61 Å². The largest absolute Gasteiger partial charge is 0.383 e. The Kier molecular flexibility index (Phi) is 4.99. The van der Waals surface area contributed by atoms with Gasteiger partial charge in [0.25, 0.3) is 0 Å². The highest BCUT2D eigenvalue weighted by Crippen LogP contribution is 2.13. The molecule has 0 spiro atoms. The van der Waals surface area contributed by atoms with Crippen molar-refractivity contribution in [3.8, 4) is 0 Å². The number of benzene rings is 1. The van der Waals surface area contributed by atoms with Crippen molar-refractivity contribution in [2.45, 2.75) is 25.1 Å². The Balaban J connectivity index is 2.41. The van der Waals surface area contributed by atoms with Crippen molar-refractivity contribution in [3.05, 3.63) is 35.4 Å². The van der Waals surface area contributed by atoms with Crippen molar-refractivity contribution in [2.75, 3.05) is 13.7 Å². The van der Waals surface area contributed by atoms with Crippen molar-refractivity contribution in [1.82, 2.24) is 0 Å². The maximum absolute atomic E-state index is 6.06. The summed E-state index contributed by atoms with van der Waals surface area (Å²) < 4.78 is 4.99. The highest BCUT2D eigenvalue weighted by atomic mass is 35.5. The highest BCUT2D eigenvalue weighted by Gasteiger charge is 2.05. The van der Waals surface area contributed by atoms with Crippen molar-refractivity contribution in [1.29, 1.82) is 0 Å². The predicted octanol–water partition coefficient (Wildman–Crippen LogP) is 3.18. The monoisotopic (exact) mass is 212 g/mol. The summed E-state index contributed by atoms with van der Waals surface area (Å²) >= 11 is 6.06. The minimum atomic E-state index is 0.125. The van der Waals surface area contributed by atoms with Gasteiger partial charge < -0.3 is 4.74 Å². The van der Waals surface area contributed by atoms with Gasteiger partial charge in [0, 0.05) is 7.11 Å².